The summed E-state index contributed by atoms with van der Waals surface area (Å²) in [6.45, 7) is 12.3. The Bertz CT molecular complexity index is 748. The van der Waals surface area contributed by atoms with Gasteiger partial charge in [0.05, 0.1) is 23.5 Å². The van der Waals surface area contributed by atoms with Gasteiger partial charge in [-0.25, -0.2) is 9.67 Å². The van der Waals surface area contributed by atoms with Crippen LogP contribution in [0.5, 0.6) is 0 Å². The third-order valence-electron chi connectivity index (χ3n) is 4.22. The van der Waals surface area contributed by atoms with Gasteiger partial charge in [0.15, 0.2) is 5.96 Å². The van der Waals surface area contributed by atoms with E-state index in [2.05, 4.69) is 47.8 Å². The Morgan fingerprint density at radius 3 is 2.58 bits per heavy atom. The number of methoxy groups -OCH3 is 1. The number of hydrogen-bond acceptors (Lipinski definition) is 3. The predicted molar refractivity (Wildman–Crippen MR) is 107 cm³/mol. The highest BCUT2D eigenvalue weighted by molar-refractivity contribution is 5.79. The summed E-state index contributed by atoms with van der Waals surface area (Å²) in [5.74, 6) is 0.779. The van der Waals surface area contributed by atoms with E-state index >= 15 is 0 Å². The first-order chi connectivity index (χ1) is 12.4. The molecule has 0 aliphatic heterocycles. The number of ether oxygens (including phenoxy) is 1. The minimum Gasteiger partial charge on any atom is -0.377 e. The molecule has 0 aliphatic carbocycles. The number of nitrogens with zero attached hydrogens (tertiary/aromatic N) is 3. The number of rotatable bonds is 7. The standard InChI is InChI=1S/C20H31N5O/c1-7-21-19(23-14-20(4,5)26-6)22-13-17-10-8-9-11-18(17)25-16(3)12-15(2)24-25/h8-12H,7,13-14H2,1-6H3,(H2,21,22,23). The van der Waals surface area contributed by atoms with Crippen LogP contribution in [0.2, 0.25) is 0 Å². The smallest absolute Gasteiger partial charge is 0.191 e. The summed E-state index contributed by atoms with van der Waals surface area (Å²) in [5, 5.41) is 11.2. The molecule has 0 saturated heterocycles. The lowest BCUT2D eigenvalue weighted by atomic mass is 10.1. The van der Waals surface area contributed by atoms with Crippen molar-refractivity contribution < 1.29 is 4.74 Å². The van der Waals surface area contributed by atoms with Crippen LogP contribution < -0.4 is 10.6 Å². The molecule has 0 aliphatic rings. The van der Waals surface area contributed by atoms with Gasteiger partial charge in [-0.05, 0) is 52.3 Å². The van der Waals surface area contributed by atoms with Crippen LogP contribution >= 0.6 is 0 Å². The molecule has 2 rings (SSSR count). The van der Waals surface area contributed by atoms with Gasteiger partial charge < -0.3 is 15.4 Å². The first-order valence-corrected chi connectivity index (χ1v) is 9.05. The molecule has 1 aromatic heterocycles. The third-order valence-corrected chi connectivity index (χ3v) is 4.22. The van der Waals surface area contributed by atoms with Crippen LogP contribution in [0.3, 0.4) is 0 Å². The minimum atomic E-state index is -0.252. The summed E-state index contributed by atoms with van der Waals surface area (Å²) in [6.07, 6.45) is 0. The second-order valence-corrected chi connectivity index (χ2v) is 6.98. The van der Waals surface area contributed by atoms with Crippen molar-refractivity contribution in [2.24, 2.45) is 4.99 Å². The zero-order valence-electron chi connectivity index (χ0n) is 16.8. The molecule has 142 valence electrons. The van der Waals surface area contributed by atoms with Crippen molar-refractivity contribution in [2.75, 3.05) is 20.2 Å². The van der Waals surface area contributed by atoms with Gasteiger partial charge in [-0.3, -0.25) is 0 Å². The van der Waals surface area contributed by atoms with Crippen LogP contribution in [0.25, 0.3) is 5.69 Å². The Morgan fingerprint density at radius 2 is 1.96 bits per heavy atom. The van der Waals surface area contributed by atoms with E-state index in [1.54, 1.807) is 7.11 Å². The molecule has 0 atom stereocenters. The largest absolute Gasteiger partial charge is 0.377 e. The SMILES string of the molecule is CCNC(=NCc1ccccc1-n1nc(C)cc1C)NCC(C)(C)OC. The fourth-order valence-corrected chi connectivity index (χ4v) is 2.60. The molecule has 26 heavy (non-hydrogen) atoms. The summed E-state index contributed by atoms with van der Waals surface area (Å²) >= 11 is 0. The normalized spacial score (nSPS) is 12.3. The molecule has 0 fully saturated rings. The topological polar surface area (TPSA) is 63.5 Å². The lowest BCUT2D eigenvalue weighted by Gasteiger charge is -2.24. The highest BCUT2D eigenvalue weighted by atomic mass is 16.5. The average Bonchev–Trinajstić information content (AvgIpc) is 2.96. The lowest BCUT2D eigenvalue weighted by Crippen LogP contribution is -2.45. The molecule has 0 unspecified atom stereocenters. The van der Waals surface area contributed by atoms with Crippen molar-refractivity contribution in [2.45, 2.75) is 46.8 Å². The zero-order chi connectivity index (χ0) is 19.2. The van der Waals surface area contributed by atoms with Crippen LogP contribution in [0.1, 0.15) is 37.7 Å². The van der Waals surface area contributed by atoms with Crippen LogP contribution in [0.15, 0.2) is 35.3 Å². The average molecular weight is 358 g/mol. The van der Waals surface area contributed by atoms with E-state index in [9.17, 15) is 0 Å². The van der Waals surface area contributed by atoms with E-state index in [0.717, 1.165) is 35.1 Å². The zero-order valence-corrected chi connectivity index (χ0v) is 16.8. The molecule has 0 radical (unpaired) electrons. The second kappa shape index (κ2) is 8.85. The van der Waals surface area contributed by atoms with Crippen molar-refractivity contribution in [3.05, 3.63) is 47.3 Å². The number of hydrogen-bond donors (Lipinski definition) is 2. The summed E-state index contributed by atoms with van der Waals surface area (Å²) in [6, 6.07) is 10.3. The monoisotopic (exact) mass is 357 g/mol. The number of aliphatic imine (C=N–C) groups is 1. The van der Waals surface area contributed by atoms with Gasteiger partial charge in [0, 0.05) is 25.9 Å². The summed E-state index contributed by atoms with van der Waals surface area (Å²) in [4.78, 5) is 4.74. The maximum atomic E-state index is 5.46. The summed E-state index contributed by atoms with van der Waals surface area (Å²) in [5.41, 5.74) is 4.07. The van der Waals surface area contributed by atoms with E-state index in [0.29, 0.717) is 13.1 Å². The first-order valence-electron chi connectivity index (χ1n) is 9.05. The van der Waals surface area contributed by atoms with E-state index in [4.69, 9.17) is 9.73 Å². The van der Waals surface area contributed by atoms with Gasteiger partial charge in [-0.1, -0.05) is 18.2 Å². The van der Waals surface area contributed by atoms with E-state index < -0.39 is 0 Å². The molecule has 0 bridgehead atoms. The maximum Gasteiger partial charge on any atom is 0.191 e. The number of benzene rings is 1. The summed E-state index contributed by atoms with van der Waals surface area (Å²) in [7, 11) is 1.72. The van der Waals surface area contributed by atoms with Gasteiger partial charge in [0.25, 0.3) is 0 Å². The Morgan fingerprint density at radius 1 is 1.23 bits per heavy atom. The molecule has 0 spiro atoms. The molecule has 2 N–H and O–H groups in total. The molecule has 6 nitrogen and oxygen atoms in total. The number of para-hydroxylation sites is 1. The van der Waals surface area contributed by atoms with Crippen molar-refractivity contribution in [3.63, 3.8) is 0 Å². The molecular formula is C20H31N5O. The van der Waals surface area contributed by atoms with Crippen molar-refractivity contribution in [3.8, 4) is 5.69 Å². The Labute approximate surface area is 156 Å². The van der Waals surface area contributed by atoms with E-state index in [1.165, 1.54) is 0 Å². The van der Waals surface area contributed by atoms with Gasteiger partial charge in [0.2, 0.25) is 0 Å². The highest BCUT2D eigenvalue weighted by Gasteiger charge is 2.16. The van der Waals surface area contributed by atoms with E-state index in [-0.39, 0.29) is 5.60 Å². The van der Waals surface area contributed by atoms with Gasteiger partial charge in [0.1, 0.15) is 0 Å². The second-order valence-electron chi connectivity index (χ2n) is 6.98. The van der Waals surface area contributed by atoms with Crippen molar-refractivity contribution in [1.82, 2.24) is 20.4 Å². The van der Waals surface area contributed by atoms with Crippen molar-refractivity contribution in [1.29, 1.82) is 0 Å². The van der Waals surface area contributed by atoms with Gasteiger partial charge in [-0.15, -0.1) is 0 Å². The lowest BCUT2D eigenvalue weighted by molar-refractivity contribution is 0.0268. The first kappa shape index (κ1) is 20.0. The van der Waals surface area contributed by atoms with Crippen LogP contribution in [-0.2, 0) is 11.3 Å². The number of nitrogens with one attached hydrogen (secondary N) is 2. The molecule has 2 aromatic rings. The minimum absolute atomic E-state index is 0.252. The molecule has 6 heteroatoms. The van der Waals surface area contributed by atoms with E-state index in [1.807, 2.05) is 37.6 Å². The fraction of sp³-hybridized carbons (Fsp3) is 0.500. The predicted octanol–water partition coefficient (Wildman–Crippen LogP) is 2.97. The molecule has 1 aromatic carbocycles. The Hall–Kier alpha value is -2.34. The maximum absolute atomic E-state index is 5.46. The third kappa shape index (κ3) is 5.33. The summed E-state index contributed by atoms with van der Waals surface area (Å²) < 4.78 is 7.45. The number of aryl methyl sites for hydroxylation is 2. The van der Waals surface area contributed by atoms with Gasteiger partial charge in [-0.2, -0.15) is 5.10 Å². The van der Waals surface area contributed by atoms with Crippen molar-refractivity contribution >= 4 is 5.96 Å². The Kier molecular flexibility index (Phi) is 6.80. The van der Waals surface area contributed by atoms with Crippen LogP contribution in [0, 0.1) is 13.8 Å². The fourth-order valence-electron chi connectivity index (χ4n) is 2.60. The quantitative estimate of drug-likeness (QED) is 0.591. The highest BCUT2D eigenvalue weighted by Crippen LogP contribution is 2.17. The molecule has 0 saturated carbocycles. The molecule has 1 heterocycles. The van der Waals surface area contributed by atoms with Crippen LogP contribution in [0.4, 0.5) is 0 Å². The Balaban J connectivity index is 2.20. The number of guanidine groups is 1. The van der Waals surface area contributed by atoms with Crippen LogP contribution in [-0.4, -0.2) is 41.5 Å². The molecule has 0 amide bonds. The van der Waals surface area contributed by atoms with Gasteiger partial charge >= 0.3 is 0 Å². The molecular weight excluding hydrogens is 326 g/mol. The number of aromatic nitrogens is 2.